The largest absolute Gasteiger partial charge is 0.480 e. The predicted octanol–water partition coefficient (Wildman–Crippen LogP) is -0.0319. The summed E-state index contributed by atoms with van der Waals surface area (Å²) in [4.78, 5) is 41.4. The lowest BCUT2D eigenvalue weighted by Crippen LogP contribution is -2.43. The highest BCUT2D eigenvalue weighted by Gasteiger charge is 2.34. The highest BCUT2D eigenvalue weighted by Crippen LogP contribution is 2.19. The first kappa shape index (κ1) is 15.7. The molecule has 0 unspecified atom stereocenters. The number of rotatable bonds is 3. The number of fused-ring (bicyclic) bond motifs is 1. The van der Waals surface area contributed by atoms with Crippen molar-refractivity contribution in [3.8, 4) is 0 Å². The van der Waals surface area contributed by atoms with Crippen LogP contribution in [0.1, 0.15) is 12.8 Å². The van der Waals surface area contributed by atoms with Gasteiger partial charge in [-0.05, 0) is 28.8 Å². The molecule has 1 N–H and O–H groups in total. The normalized spacial score (nSPS) is 17.8. The van der Waals surface area contributed by atoms with E-state index in [1.807, 2.05) is 0 Å². The van der Waals surface area contributed by atoms with E-state index in [-0.39, 0.29) is 6.54 Å². The SMILES string of the molecule is Cn1nc(Br)c2c(=O)n(CC(=O)N3CCC[C@@H]3C(=O)O)cnc21. The number of hydrogen-bond donors (Lipinski definition) is 1. The molecular weight excluding hydrogens is 370 g/mol. The van der Waals surface area contributed by atoms with Crippen LogP contribution in [0.2, 0.25) is 0 Å². The number of carbonyl (C=O) groups excluding carboxylic acids is 1. The molecule has 10 heteroatoms. The van der Waals surface area contributed by atoms with Crippen LogP contribution in [0.4, 0.5) is 0 Å². The fourth-order valence-electron chi connectivity index (χ4n) is 2.81. The maximum atomic E-state index is 12.5. The second kappa shape index (κ2) is 5.76. The molecule has 0 spiro atoms. The van der Waals surface area contributed by atoms with Gasteiger partial charge in [-0.15, -0.1) is 0 Å². The van der Waals surface area contributed by atoms with Crippen LogP contribution in [0.3, 0.4) is 0 Å². The number of likely N-dealkylation sites (tertiary alicyclic amines) is 1. The first-order valence-electron chi connectivity index (χ1n) is 7.00. The van der Waals surface area contributed by atoms with Crippen molar-refractivity contribution in [1.82, 2.24) is 24.2 Å². The summed E-state index contributed by atoms with van der Waals surface area (Å²) in [5, 5.41) is 13.5. The van der Waals surface area contributed by atoms with E-state index < -0.39 is 23.5 Å². The molecular formula is C13H14BrN5O4. The third kappa shape index (κ3) is 2.62. The second-order valence-electron chi connectivity index (χ2n) is 5.37. The number of aromatic nitrogens is 4. The summed E-state index contributed by atoms with van der Waals surface area (Å²) >= 11 is 3.21. The molecule has 1 amide bonds. The Morgan fingerprint density at radius 3 is 2.91 bits per heavy atom. The van der Waals surface area contributed by atoms with Gasteiger partial charge < -0.3 is 10.0 Å². The number of hydrogen-bond acceptors (Lipinski definition) is 5. The Bertz CT molecular complexity index is 858. The van der Waals surface area contributed by atoms with E-state index in [2.05, 4.69) is 26.0 Å². The van der Waals surface area contributed by atoms with Crippen LogP contribution in [-0.2, 0) is 23.2 Å². The van der Waals surface area contributed by atoms with Gasteiger partial charge in [0.15, 0.2) is 5.65 Å². The van der Waals surface area contributed by atoms with Crippen molar-refractivity contribution in [3.63, 3.8) is 0 Å². The van der Waals surface area contributed by atoms with Crippen molar-refractivity contribution in [2.45, 2.75) is 25.4 Å². The van der Waals surface area contributed by atoms with E-state index in [4.69, 9.17) is 5.11 Å². The minimum Gasteiger partial charge on any atom is -0.480 e. The molecule has 2 aromatic rings. The Morgan fingerprint density at radius 1 is 1.48 bits per heavy atom. The Balaban J connectivity index is 1.91. The van der Waals surface area contributed by atoms with Gasteiger partial charge in [0.25, 0.3) is 5.56 Å². The smallest absolute Gasteiger partial charge is 0.326 e. The number of aliphatic carboxylic acids is 1. The van der Waals surface area contributed by atoms with Crippen LogP contribution in [-0.4, -0.2) is 53.8 Å². The molecule has 0 aliphatic carbocycles. The molecule has 1 saturated heterocycles. The van der Waals surface area contributed by atoms with Gasteiger partial charge in [0.2, 0.25) is 5.91 Å². The summed E-state index contributed by atoms with van der Waals surface area (Å²) in [6.07, 6.45) is 2.35. The van der Waals surface area contributed by atoms with Gasteiger partial charge in [-0.25, -0.2) is 14.5 Å². The molecule has 3 heterocycles. The van der Waals surface area contributed by atoms with Crippen molar-refractivity contribution in [2.75, 3.05) is 6.54 Å². The summed E-state index contributed by atoms with van der Waals surface area (Å²) < 4.78 is 3.00. The number of carboxylic acid groups (broad SMARTS) is 1. The summed E-state index contributed by atoms with van der Waals surface area (Å²) in [6, 6.07) is -0.819. The van der Waals surface area contributed by atoms with Crippen molar-refractivity contribution < 1.29 is 14.7 Å². The average molecular weight is 384 g/mol. The Hall–Kier alpha value is -2.23. The zero-order chi connectivity index (χ0) is 16.7. The molecule has 9 nitrogen and oxygen atoms in total. The monoisotopic (exact) mass is 383 g/mol. The van der Waals surface area contributed by atoms with E-state index >= 15 is 0 Å². The lowest BCUT2D eigenvalue weighted by Gasteiger charge is -2.21. The van der Waals surface area contributed by atoms with Crippen molar-refractivity contribution in [1.29, 1.82) is 0 Å². The van der Waals surface area contributed by atoms with Crippen molar-refractivity contribution in [2.24, 2.45) is 7.05 Å². The van der Waals surface area contributed by atoms with Crippen LogP contribution in [0, 0.1) is 0 Å². The van der Waals surface area contributed by atoms with E-state index in [0.717, 1.165) is 0 Å². The van der Waals surface area contributed by atoms with E-state index in [9.17, 15) is 14.4 Å². The van der Waals surface area contributed by atoms with E-state index in [1.165, 1.54) is 20.5 Å². The number of aryl methyl sites for hydroxylation is 1. The molecule has 1 atom stereocenters. The van der Waals surface area contributed by atoms with Crippen molar-refractivity contribution in [3.05, 3.63) is 21.3 Å². The fourth-order valence-corrected chi connectivity index (χ4v) is 3.39. The zero-order valence-corrected chi connectivity index (χ0v) is 13.9. The molecule has 0 aromatic carbocycles. The number of carboxylic acids is 1. The van der Waals surface area contributed by atoms with Crippen LogP contribution in [0.5, 0.6) is 0 Å². The van der Waals surface area contributed by atoms with Crippen LogP contribution >= 0.6 is 15.9 Å². The van der Waals surface area contributed by atoms with Gasteiger partial charge in [0.05, 0.1) is 0 Å². The molecule has 122 valence electrons. The van der Waals surface area contributed by atoms with Gasteiger partial charge >= 0.3 is 5.97 Å². The molecule has 2 aromatic heterocycles. The summed E-state index contributed by atoms with van der Waals surface area (Å²) in [7, 11) is 1.66. The van der Waals surface area contributed by atoms with Gasteiger partial charge in [0.1, 0.15) is 28.9 Å². The minimum absolute atomic E-state index is 0.243. The van der Waals surface area contributed by atoms with Gasteiger partial charge in [0, 0.05) is 13.6 Å². The Labute approximate surface area is 138 Å². The summed E-state index contributed by atoms with van der Waals surface area (Å²) in [6.45, 7) is 0.143. The fraction of sp³-hybridized carbons (Fsp3) is 0.462. The van der Waals surface area contributed by atoms with Crippen molar-refractivity contribution >= 4 is 38.8 Å². The third-order valence-corrected chi connectivity index (χ3v) is 4.49. The van der Waals surface area contributed by atoms with Crippen LogP contribution in [0.25, 0.3) is 11.0 Å². The number of amides is 1. The molecule has 23 heavy (non-hydrogen) atoms. The molecule has 1 fully saturated rings. The molecule has 0 bridgehead atoms. The highest BCUT2D eigenvalue weighted by molar-refractivity contribution is 9.10. The second-order valence-corrected chi connectivity index (χ2v) is 6.13. The first-order chi connectivity index (χ1) is 10.9. The average Bonchev–Trinajstić information content (AvgIpc) is 3.07. The van der Waals surface area contributed by atoms with Gasteiger partial charge in [-0.3, -0.25) is 14.2 Å². The van der Waals surface area contributed by atoms with Crippen LogP contribution in [0.15, 0.2) is 15.7 Å². The number of halogens is 1. The molecule has 1 aliphatic heterocycles. The van der Waals surface area contributed by atoms with Gasteiger partial charge in [-0.2, -0.15) is 5.10 Å². The molecule has 0 radical (unpaired) electrons. The Morgan fingerprint density at radius 2 is 2.22 bits per heavy atom. The maximum absolute atomic E-state index is 12.5. The lowest BCUT2D eigenvalue weighted by atomic mass is 10.2. The standard InChI is InChI=1S/C13H14BrN5O4/c1-17-11-9(10(14)16-17)12(21)18(6-15-11)5-8(20)19-4-2-3-7(19)13(22)23/h6-7H,2-5H2,1H3,(H,22,23)/t7-/m1/s1. The lowest BCUT2D eigenvalue weighted by molar-refractivity contribution is -0.148. The molecule has 1 aliphatic rings. The predicted molar refractivity (Wildman–Crippen MR) is 82.8 cm³/mol. The topological polar surface area (TPSA) is 110 Å². The van der Waals surface area contributed by atoms with Gasteiger partial charge in [-0.1, -0.05) is 0 Å². The summed E-state index contributed by atoms with van der Waals surface area (Å²) in [5.41, 5.74) is 0.0181. The number of nitrogens with zero attached hydrogens (tertiary/aromatic N) is 5. The summed E-state index contributed by atoms with van der Waals surface area (Å²) in [5.74, 6) is -1.43. The Kier molecular flexibility index (Phi) is 3.92. The zero-order valence-electron chi connectivity index (χ0n) is 12.3. The maximum Gasteiger partial charge on any atom is 0.326 e. The minimum atomic E-state index is -1.02. The molecule has 0 saturated carbocycles. The highest BCUT2D eigenvalue weighted by atomic mass is 79.9. The van der Waals surface area contributed by atoms with Crippen LogP contribution < -0.4 is 5.56 Å². The first-order valence-corrected chi connectivity index (χ1v) is 7.79. The third-order valence-electron chi connectivity index (χ3n) is 3.93. The quantitative estimate of drug-likeness (QED) is 0.796. The molecule has 3 rings (SSSR count). The van der Waals surface area contributed by atoms with E-state index in [1.54, 1.807) is 7.05 Å². The number of carbonyl (C=O) groups is 2. The van der Waals surface area contributed by atoms with E-state index in [0.29, 0.717) is 35.0 Å².